The highest BCUT2D eigenvalue weighted by molar-refractivity contribution is 4.77. The highest BCUT2D eigenvalue weighted by Gasteiger charge is 2.25. The average Bonchev–Trinajstić information content (AvgIpc) is 2.61. The summed E-state index contributed by atoms with van der Waals surface area (Å²) in [6, 6.07) is 0. The maximum absolute atomic E-state index is 2.64. The molecule has 0 nitrogen and oxygen atoms in total. The summed E-state index contributed by atoms with van der Waals surface area (Å²) in [5.74, 6) is 0. The third-order valence-electron chi connectivity index (χ3n) is 7.93. The van der Waals surface area contributed by atoms with Gasteiger partial charge in [-0.05, 0) is 49.4 Å². The van der Waals surface area contributed by atoms with Crippen molar-refractivity contribution < 1.29 is 0 Å². The molecular weight excluding hydrogens is 312 g/mol. The molecule has 2 aliphatic rings. The van der Waals surface area contributed by atoms with Crippen LogP contribution in [0.3, 0.4) is 0 Å². The Morgan fingerprint density at radius 2 is 0.423 bits per heavy atom. The Kier molecular flexibility index (Phi) is 10.7. The van der Waals surface area contributed by atoms with E-state index in [2.05, 4.69) is 13.8 Å². The van der Waals surface area contributed by atoms with Crippen molar-refractivity contribution in [1.82, 2.24) is 0 Å². The molecule has 0 spiro atoms. The SMILES string of the molecule is CC12CCCCCCCCC(C)(CCCCCCCC1)CCCCCC2. The van der Waals surface area contributed by atoms with E-state index in [4.69, 9.17) is 0 Å². The Bertz CT molecular complexity index is 288. The smallest absolute Gasteiger partial charge is 0.0326 e. The highest BCUT2D eigenvalue weighted by atomic mass is 14.3. The first kappa shape index (κ1) is 22.3. The predicted molar refractivity (Wildman–Crippen MR) is 118 cm³/mol. The minimum absolute atomic E-state index is 0.655. The summed E-state index contributed by atoms with van der Waals surface area (Å²) in [6.07, 6.45) is 32.9. The second-order valence-electron chi connectivity index (χ2n) is 10.8. The fourth-order valence-corrected chi connectivity index (χ4v) is 5.83. The van der Waals surface area contributed by atoms with Crippen LogP contribution in [0.4, 0.5) is 0 Å². The third-order valence-corrected chi connectivity index (χ3v) is 7.93. The van der Waals surface area contributed by atoms with E-state index in [0.29, 0.717) is 10.8 Å². The molecule has 0 N–H and O–H groups in total. The molecule has 0 aromatic heterocycles. The maximum atomic E-state index is 2.64. The fourth-order valence-electron chi connectivity index (χ4n) is 5.83. The molecule has 154 valence electrons. The molecule has 2 bridgehead atoms. The predicted octanol–water partition coefficient (Wildman–Crippen LogP) is 9.61. The molecule has 2 aliphatic carbocycles. The monoisotopic (exact) mass is 362 g/mol. The topological polar surface area (TPSA) is 0 Å². The van der Waals surface area contributed by atoms with Gasteiger partial charge in [-0.2, -0.15) is 0 Å². The lowest BCUT2D eigenvalue weighted by molar-refractivity contribution is 0.206. The zero-order chi connectivity index (χ0) is 18.6. The molecule has 0 atom stereocenters. The van der Waals surface area contributed by atoms with Crippen molar-refractivity contribution in [3.63, 3.8) is 0 Å². The van der Waals surface area contributed by atoms with Gasteiger partial charge in [0.2, 0.25) is 0 Å². The Balaban J connectivity index is 2.00. The third kappa shape index (κ3) is 9.27. The largest absolute Gasteiger partial charge is 0.0596 e. The van der Waals surface area contributed by atoms with Gasteiger partial charge in [0.05, 0.1) is 0 Å². The van der Waals surface area contributed by atoms with E-state index in [1.165, 1.54) is 141 Å². The van der Waals surface area contributed by atoms with Gasteiger partial charge in [-0.25, -0.2) is 0 Å². The molecule has 2 saturated carbocycles. The van der Waals surface area contributed by atoms with Crippen molar-refractivity contribution in [1.29, 1.82) is 0 Å². The Morgan fingerprint density at radius 3 is 0.615 bits per heavy atom. The number of hydrogen-bond acceptors (Lipinski definition) is 0. The van der Waals surface area contributed by atoms with Crippen LogP contribution in [0.15, 0.2) is 0 Å². The summed E-state index contributed by atoms with van der Waals surface area (Å²) >= 11 is 0. The van der Waals surface area contributed by atoms with E-state index in [1.807, 2.05) is 0 Å². The molecule has 0 aromatic carbocycles. The van der Waals surface area contributed by atoms with Crippen LogP contribution in [0.25, 0.3) is 0 Å². The Labute approximate surface area is 166 Å². The van der Waals surface area contributed by atoms with Crippen molar-refractivity contribution in [2.45, 2.75) is 155 Å². The summed E-state index contributed by atoms with van der Waals surface area (Å²) in [4.78, 5) is 0. The average molecular weight is 363 g/mol. The summed E-state index contributed by atoms with van der Waals surface area (Å²) in [6.45, 7) is 5.27. The second kappa shape index (κ2) is 12.5. The first-order valence-electron chi connectivity index (χ1n) is 12.6. The van der Waals surface area contributed by atoms with Gasteiger partial charge >= 0.3 is 0 Å². The van der Waals surface area contributed by atoms with Gasteiger partial charge in [-0.15, -0.1) is 0 Å². The summed E-state index contributed by atoms with van der Waals surface area (Å²) < 4.78 is 0. The molecule has 0 heterocycles. The van der Waals surface area contributed by atoms with E-state index >= 15 is 0 Å². The number of rotatable bonds is 0. The Hall–Kier alpha value is 0. The van der Waals surface area contributed by atoms with Gasteiger partial charge in [0.1, 0.15) is 0 Å². The zero-order valence-corrected chi connectivity index (χ0v) is 18.6. The van der Waals surface area contributed by atoms with E-state index in [1.54, 1.807) is 0 Å². The standard InChI is InChI=1S/C26H50/c1-25-19-13-7-3-5-9-15-21-26(2,24-18-12-11-17-23-25)22-16-10-6-4-8-14-20-25/h3-24H2,1-2H3. The van der Waals surface area contributed by atoms with Crippen molar-refractivity contribution in [2.24, 2.45) is 10.8 Å². The first-order valence-corrected chi connectivity index (χ1v) is 12.6. The number of fused-ring (bicyclic) bond motifs is 7. The molecule has 0 amide bonds. The normalized spacial score (nSPS) is 35.3. The molecule has 0 aromatic rings. The van der Waals surface area contributed by atoms with Crippen molar-refractivity contribution in [3.05, 3.63) is 0 Å². The van der Waals surface area contributed by atoms with Gasteiger partial charge in [0.25, 0.3) is 0 Å². The van der Waals surface area contributed by atoms with Crippen LogP contribution in [-0.2, 0) is 0 Å². The minimum atomic E-state index is 0.655. The van der Waals surface area contributed by atoms with Crippen LogP contribution in [0.5, 0.6) is 0 Å². The van der Waals surface area contributed by atoms with Crippen LogP contribution >= 0.6 is 0 Å². The number of hydrogen-bond donors (Lipinski definition) is 0. The van der Waals surface area contributed by atoms with E-state index in [0.717, 1.165) is 0 Å². The lowest BCUT2D eigenvalue weighted by atomic mass is 9.74. The van der Waals surface area contributed by atoms with Gasteiger partial charge in [0, 0.05) is 0 Å². The molecule has 0 radical (unpaired) electrons. The molecule has 2 fully saturated rings. The fraction of sp³-hybridized carbons (Fsp3) is 1.00. The Morgan fingerprint density at radius 1 is 0.269 bits per heavy atom. The maximum Gasteiger partial charge on any atom is -0.0326 e. The first-order chi connectivity index (χ1) is 12.6. The van der Waals surface area contributed by atoms with Crippen LogP contribution in [0.1, 0.15) is 155 Å². The molecule has 0 saturated heterocycles. The van der Waals surface area contributed by atoms with Gasteiger partial charge < -0.3 is 0 Å². The van der Waals surface area contributed by atoms with Crippen molar-refractivity contribution in [2.75, 3.05) is 0 Å². The van der Waals surface area contributed by atoms with Crippen LogP contribution in [0, 0.1) is 10.8 Å². The molecular formula is C26H50. The van der Waals surface area contributed by atoms with Crippen molar-refractivity contribution >= 4 is 0 Å². The van der Waals surface area contributed by atoms with Gasteiger partial charge in [0.15, 0.2) is 0 Å². The molecule has 26 heavy (non-hydrogen) atoms. The van der Waals surface area contributed by atoms with Crippen molar-refractivity contribution in [3.8, 4) is 0 Å². The van der Waals surface area contributed by atoms with Crippen LogP contribution in [0.2, 0.25) is 0 Å². The van der Waals surface area contributed by atoms with Gasteiger partial charge in [-0.1, -0.05) is 117 Å². The molecule has 0 heteroatoms. The summed E-state index contributed by atoms with van der Waals surface area (Å²) in [7, 11) is 0. The second-order valence-corrected chi connectivity index (χ2v) is 10.8. The summed E-state index contributed by atoms with van der Waals surface area (Å²) in [5, 5.41) is 0. The quantitative estimate of drug-likeness (QED) is 0.402. The lowest BCUT2D eigenvalue weighted by Gasteiger charge is -2.32. The van der Waals surface area contributed by atoms with E-state index in [9.17, 15) is 0 Å². The zero-order valence-electron chi connectivity index (χ0n) is 18.6. The minimum Gasteiger partial charge on any atom is -0.0596 e. The molecule has 2 rings (SSSR count). The van der Waals surface area contributed by atoms with Crippen LogP contribution < -0.4 is 0 Å². The lowest BCUT2D eigenvalue weighted by Crippen LogP contribution is -2.18. The van der Waals surface area contributed by atoms with E-state index < -0.39 is 0 Å². The molecule has 0 unspecified atom stereocenters. The van der Waals surface area contributed by atoms with E-state index in [-0.39, 0.29) is 0 Å². The highest BCUT2D eigenvalue weighted by Crippen LogP contribution is 2.39. The molecule has 0 aliphatic heterocycles. The van der Waals surface area contributed by atoms with Gasteiger partial charge in [-0.3, -0.25) is 0 Å². The van der Waals surface area contributed by atoms with Crippen LogP contribution in [-0.4, -0.2) is 0 Å². The summed E-state index contributed by atoms with van der Waals surface area (Å²) in [5.41, 5.74) is 1.31.